The summed E-state index contributed by atoms with van der Waals surface area (Å²) in [5, 5.41) is 7.35. The first-order valence-corrected chi connectivity index (χ1v) is 8.78. The summed E-state index contributed by atoms with van der Waals surface area (Å²) in [6.07, 6.45) is 3.05. The molecule has 0 radical (unpaired) electrons. The van der Waals surface area contributed by atoms with Crippen LogP contribution in [0.5, 0.6) is 0 Å². The molecule has 5 rings (SSSR count). The van der Waals surface area contributed by atoms with Crippen LogP contribution in [0.25, 0.3) is 0 Å². The van der Waals surface area contributed by atoms with Crippen molar-refractivity contribution in [3.63, 3.8) is 0 Å². The number of benzene rings is 1. The molecule has 1 aromatic heterocycles. The molecular formula is C18H14N4O5. The first-order valence-electron chi connectivity index (χ1n) is 8.78. The third kappa shape index (κ3) is 2.05. The predicted octanol–water partition coefficient (Wildman–Crippen LogP) is 1.55. The zero-order chi connectivity index (χ0) is 18.7. The average molecular weight is 366 g/mol. The standard InChI is InChI=1S/C18H14N4O5/c23-15-9-5-1-2-6-10(9)16(24)21(15)13-14(20-27-19-13)22-17(25)11-7-3-4-8-12(11)18(22)26/h1-2,5-6,11-12H,3-4,7-8H2/t11-,12+. The van der Waals surface area contributed by atoms with E-state index in [0.29, 0.717) is 12.8 Å². The van der Waals surface area contributed by atoms with Crippen molar-refractivity contribution in [1.82, 2.24) is 10.3 Å². The van der Waals surface area contributed by atoms with Crippen LogP contribution in [0, 0.1) is 11.8 Å². The molecule has 4 amide bonds. The van der Waals surface area contributed by atoms with E-state index in [4.69, 9.17) is 4.63 Å². The van der Waals surface area contributed by atoms with Gasteiger partial charge in [0, 0.05) is 0 Å². The van der Waals surface area contributed by atoms with E-state index in [9.17, 15) is 19.2 Å². The highest BCUT2D eigenvalue weighted by molar-refractivity contribution is 6.35. The highest BCUT2D eigenvalue weighted by Gasteiger charge is 2.52. The topological polar surface area (TPSA) is 114 Å². The van der Waals surface area contributed by atoms with Gasteiger partial charge >= 0.3 is 0 Å². The van der Waals surface area contributed by atoms with Gasteiger partial charge in [0.1, 0.15) is 0 Å². The lowest BCUT2D eigenvalue weighted by molar-refractivity contribution is -0.122. The molecule has 0 bridgehead atoms. The number of hydrogen-bond acceptors (Lipinski definition) is 7. The molecule has 2 aliphatic heterocycles. The van der Waals surface area contributed by atoms with E-state index in [1.54, 1.807) is 12.1 Å². The number of amides is 4. The summed E-state index contributed by atoms with van der Waals surface area (Å²) < 4.78 is 4.72. The molecule has 2 atom stereocenters. The van der Waals surface area contributed by atoms with E-state index in [2.05, 4.69) is 10.3 Å². The lowest BCUT2D eigenvalue weighted by Gasteiger charge is -2.19. The minimum atomic E-state index is -0.593. The Balaban J connectivity index is 1.56. The van der Waals surface area contributed by atoms with Crippen molar-refractivity contribution in [2.75, 3.05) is 9.80 Å². The minimum Gasteiger partial charge on any atom is -0.274 e. The van der Waals surface area contributed by atoms with Crippen LogP contribution in [0.3, 0.4) is 0 Å². The molecule has 9 heteroatoms. The Morgan fingerprint density at radius 1 is 0.778 bits per heavy atom. The van der Waals surface area contributed by atoms with E-state index < -0.39 is 23.7 Å². The summed E-state index contributed by atoms with van der Waals surface area (Å²) in [6.45, 7) is 0. The van der Waals surface area contributed by atoms with E-state index in [-0.39, 0.29) is 34.6 Å². The second-order valence-electron chi connectivity index (χ2n) is 6.91. The Bertz CT molecular complexity index is 954. The number of carbonyl (C=O) groups is 4. The molecule has 2 aromatic rings. The summed E-state index contributed by atoms with van der Waals surface area (Å²) in [5.74, 6) is -3.16. The molecular weight excluding hydrogens is 352 g/mol. The van der Waals surface area contributed by atoms with Gasteiger partial charge in [-0.1, -0.05) is 25.0 Å². The third-order valence-electron chi connectivity index (χ3n) is 5.51. The maximum atomic E-state index is 12.8. The van der Waals surface area contributed by atoms with Crippen molar-refractivity contribution >= 4 is 35.3 Å². The molecule has 1 aromatic carbocycles. The smallest absolute Gasteiger partial charge is 0.267 e. The molecule has 1 saturated carbocycles. The van der Waals surface area contributed by atoms with Crippen LogP contribution >= 0.6 is 0 Å². The van der Waals surface area contributed by atoms with Gasteiger partial charge in [0.2, 0.25) is 23.5 Å². The van der Waals surface area contributed by atoms with Crippen LogP contribution in [0.4, 0.5) is 11.6 Å². The number of imide groups is 2. The lowest BCUT2D eigenvalue weighted by Crippen LogP contribution is -2.35. The van der Waals surface area contributed by atoms with Crippen molar-refractivity contribution in [2.45, 2.75) is 25.7 Å². The van der Waals surface area contributed by atoms with E-state index in [1.165, 1.54) is 12.1 Å². The zero-order valence-corrected chi connectivity index (χ0v) is 14.1. The Hall–Kier alpha value is -3.36. The van der Waals surface area contributed by atoms with Crippen molar-refractivity contribution in [1.29, 1.82) is 0 Å². The number of fused-ring (bicyclic) bond motifs is 2. The summed E-state index contributed by atoms with van der Waals surface area (Å²) in [4.78, 5) is 52.7. The molecule has 0 N–H and O–H groups in total. The summed E-state index contributed by atoms with van der Waals surface area (Å²) in [7, 11) is 0. The fraction of sp³-hybridized carbons (Fsp3) is 0.333. The van der Waals surface area contributed by atoms with Crippen LogP contribution in [0.15, 0.2) is 28.9 Å². The first kappa shape index (κ1) is 15.9. The number of anilines is 2. The predicted molar refractivity (Wildman–Crippen MR) is 89.8 cm³/mol. The van der Waals surface area contributed by atoms with Gasteiger partial charge in [-0.2, -0.15) is 0 Å². The van der Waals surface area contributed by atoms with E-state index in [0.717, 1.165) is 22.6 Å². The number of aromatic nitrogens is 2. The van der Waals surface area contributed by atoms with Crippen LogP contribution in [0.1, 0.15) is 46.4 Å². The zero-order valence-electron chi connectivity index (χ0n) is 14.1. The number of carbonyl (C=O) groups excluding carboxylic acids is 4. The largest absolute Gasteiger partial charge is 0.274 e. The Morgan fingerprint density at radius 3 is 1.78 bits per heavy atom. The van der Waals surface area contributed by atoms with Gasteiger partial charge in [0.25, 0.3) is 11.8 Å². The number of nitrogens with zero attached hydrogens (tertiary/aromatic N) is 4. The SMILES string of the molecule is O=C1c2ccccc2C(=O)N1c1nonc1N1C(=O)[C@H]2CCCC[C@H]2C1=O. The summed E-state index contributed by atoms with van der Waals surface area (Å²) >= 11 is 0. The third-order valence-corrected chi connectivity index (χ3v) is 5.51. The van der Waals surface area contributed by atoms with Crippen LogP contribution in [-0.4, -0.2) is 33.9 Å². The van der Waals surface area contributed by atoms with Gasteiger partial charge in [-0.3, -0.25) is 19.2 Å². The van der Waals surface area contributed by atoms with Gasteiger partial charge in [0.05, 0.1) is 23.0 Å². The lowest BCUT2D eigenvalue weighted by atomic mass is 9.81. The highest BCUT2D eigenvalue weighted by Crippen LogP contribution is 2.42. The molecule has 3 aliphatic rings. The second-order valence-corrected chi connectivity index (χ2v) is 6.91. The highest BCUT2D eigenvalue weighted by atomic mass is 16.6. The molecule has 1 saturated heterocycles. The van der Waals surface area contributed by atoms with Crippen molar-refractivity contribution in [3.8, 4) is 0 Å². The Kier molecular flexibility index (Phi) is 3.27. The number of hydrogen-bond donors (Lipinski definition) is 0. The molecule has 1 aliphatic carbocycles. The maximum Gasteiger partial charge on any atom is 0.267 e. The van der Waals surface area contributed by atoms with Crippen molar-refractivity contribution in [2.24, 2.45) is 11.8 Å². The van der Waals surface area contributed by atoms with Gasteiger partial charge in [-0.05, 0) is 35.3 Å². The average Bonchev–Trinajstić information content (AvgIpc) is 3.32. The maximum absolute atomic E-state index is 12.8. The Labute approximate surface area is 152 Å². The van der Waals surface area contributed by atoms with Gasteiger partial charge < -0.3 is 0 Å². The van der Waals surface area contributed by atoms with E-state index in [1.807, 2.05) is 0 Å². The van der Waals surface area contributed by atoms with Crippen molar-refractivity contribution < 1.29 is 23.8 Å². The summed E-state index contributed by atoms with van der Waals surface area (Å²) in [6, 6.07) is 6.36. The first-order chi connectivity index (χ1) is 13.1. The molecule has 0 unspecified atom stereocenters. The number of rotatable bonds is 2. The quantitative estimate of drug-likeness (QED) is 0.741. The molecule has 0 spiro atoms. The van der Waals surface area contributed by atoms with Gasteiger partial charge in [-0.15, -0.1) is 0 Å². The van der Waals surface area contributed by atoms with Crippen LogP contribution in [-0.2, 0) is 9.59 Å². The van der Waals surface area contributed by atoms with Crippen molar-refractivity contribution in [3.05, 3.63) is 35.4 Å². The minimum absolute atomic E-state index is 0.200. The molecule has 9 nitrogen and oxygen atoms in total. The molecule has 2 fully saturated rings. The summed E-state index contributed by atoms with van der Waals surface area (Å²) in [5.41, 5.74) is 0.452. The molecule has 136 valence electrons. The fourth-order valence-corrected chi connectivity index (χ4v) is 4.21. The molecule has 27 heavy (non-hydrogen) atoms. The second kappa shape index (κ2) is 5.57. The van der Waals surface area contributed by atoms with Crippen LogP contribution in [0.2, 0.25) is 0 Å². The molecule has 3 heterocycles. The van der Waals surface area contributed by atoms with Gasteiger partial charge in [0.15, 0.2) is 0 Å². The van der Waals surface area contributed by atoms with Gasteiger partial charge in [-0.25, -0.2) is 14.4 Å². The van der Waals surface area contributed by atoms with Crippen LogP contribution < -0.4 is 9.80 Å². The van der Waals surface area contributed by atoms with E-state index >= 15 is 0 Å². The normalized spacial score (nSPS) is 24.6. The monoisotopic (exact) mass is 366 g/mol. The fourth-order valence-electron chi connectivity index (χ4n) is 4.21. The Morgan fingerprint density at radius 2 is 1.26 bits per heavy atom.